The first-order valence-corrected chi connectivity index (χ1v) is 9.00. The molecule has 1 fully saturated rings. The second kappa shape index (κ2) is 7.85. The van der Waals surface area contributed by atoms with Crippen molar-refractivity contribution in [1.82, 2.24) is 5.32 Å². The smallest absolute Gasteiger partial charge is 0.238 e. The Morgan fingerprint density at radius 2 is 2.14 bits per heavy atom. The van der Waals surface area contributed by atoms with E-state index in [1.807, 2.05) is 30.5 Å². The van der Waals surface area contributed by atoms with Crippen molar-refractivity contribution in [3.63, 3.8) is 0 Å². The molecule has 2 N–H and O–H groups in total. The average molecular weight is 306 g/mol. The molecule has 1 aromatic carbocycles. The molecule has 0 saturated heterocycles. The van der Waals surface area contributed by atoms with Crippen LogP contribution in [0.15, 0.2) is 29.2 Å². The minimum Gasteiger partial charge on any atom is -0.325 e. The first kappa shape index (κ1) is 16.4. The zero-order chi connectivity index (χ0) is 15.2. The van der Waals surface area contributed by atoms with E-state index in [9.17, 15) is 4.79 Å². The van der Waals surface area contributed by atoms with E-state index in [1.165, 1.54) is 19.3 Å². The third-order valence-electron chi connectivity index (χ3n) is 4.59. The Morgan fingerprint density at radius 3 is 2.90 bits per heavy atom. The van der Waals surface area contributed by atoms with Gasteiger partial charge in [0.2, 0.25) is 5.91 Å². The van der Waals surface area contributed by atoms with Crippen LogP contribution in [0.3, 0.4) is 0 Å². The van der Waals surface area contributed by atoms with Crippen molar-refractivity contribution in [2.75, 3.05) is 18.1 Å². The predicted molar refractivity (Wildman–Crippen MR) is 90.8 cm³/mol. The molecule has 0 bridgehead atoms. The quantitative estimate of drug-likeness (QED) is 0.814. The highest BCUT2D eigenvalue weighted by molar-refractivity contribution is 7.98. The van der Waals surface area contributed by atoms with E-state index in [1.54, 1.807) is 11.8 Å². The monoisotopic (exact) mass is 306 g/mol. The summed E-state index contributed by atoms with van der Waals surface area (Å²) in [4.78, 5) is 13.2. The summed E-state index contributed by atoms with van der Waals surface area (Å²) in [7, 11) is 0. The van der Waals surface area contributed by atoms with E-state index in [2.05, 4.69) is 24.5 Å². The molecule has 0 aromatic heterocycles. The number of benzene rings is 1. The van der Waals surface area contributed by atoms with Crippen LogP contribution in [0, 0.1) is 11.8 Å². The lowest BCUT2D eigenvalue weighted by Crippen LogP contribution is -2.43. The van der Waals surface area contributed by atoms with Crippen molar-refractivity contribution in [2.45, 2.75) is 44.0 Å². The first-order valence-electron chi connectivity index (χ1n) is 7.77. The number of hydrogen-bond donors (Lipinski definition) is 2. The van der Waals surface area contributed by atoms with Gasteiger partial charge in [0.15, 0.2) is 0 Å². The molecule has 3 unspecified atom stereocenters. The van der Waals surface area contributed by atoms with Gasteiger partial charge in [-0.15, -0.1) is 11.8 Å². The van der Waals surface area contributed by atoms with Gasteiger partial charge in [0, 0.05) is 16.6 Å². The van der Waals surface area contributed by atoms with E-state index in [0.29, 0.717) is 18.5 Å². The number of carbonyl (C=O) groups excluding carboxylic acids is 1. The van der Waals surface area contributed by atoms with Crippen molar-refractivity contribution in [2.24, 2.45) is 11.8 Å². The summed E-state index contributed by atoms with van der Waals surface area (Å²) >= 11 is 1.68. The molecule has 21 heavy (non-hydrogen) atoms. The molecule has 0 heterocycles. The van der Waals surface area contributed by atoms with Crippen molar-refractivity contribution in [1.29, 1.82) is 0 Å². The summed E-state index contributed by atoms with van der Waals surface area (Å²) in [5.41, 5.74) is 0.874. The average Bonchev–Trinajstić information content (AvgIpc) is 2.49. The van der Waals surface area contributed by atoms with E-state index < -0.39 is 0 Å². The van der Waals surface area contributed by atoms with Crippen molar-refractivity contribution in [3.05, 3.63) is 24.3 Å². The van der Waals surface area contributed by atoms with Gasteiger partial charge in [-0.3, -0.25) is 4.79 Å². The van der Waals surface area contributed by atoms with Crippen molar-refractivity contribution < 1.29 is 4.79 Å². The minimum atomic E-state index is 0.0404. The highest BCUT2D eigenvalue weighted by Gasteiger charge is 2.26. The van der Waals surface area contributed by atoms with Crippen LogP contribution in [0.5, 0.6) is 0 Å². The summed E-state index contributed by atoms with van der Waals surface area (Å²) in [6.07, 6.45) is 5.79. The van der Waals surface area contributed by atoms with Crippen molar-refractivity contribution in [3.8, 4) is 0 Å². The topological polar surface area (TPSA) is 41.1 Å². The van der Waals surface area contributed by atoms with Crippen LogP contribution in [0.25, 0.3) is 0 Å². The molecular formula is C17H26N2OS. The third-order valence-corrected chi connectivity index (χ3v) is 5.31. The van der Waals surface area contributed by atoms with Crippen molar-refractivity contribution >= 4 is 23.4 Å². The molecule has 1 aliphatic rings. The fraction of sp³-hybridized carbons (Fsp3) is 0.588. The van der Waals surface area contributed by atoms with Crippen LogP contribution in [0.4, 0.5) is 5.69 Å². The Bertz CT molecular complexity index is 478. The number of thioether (sulfide) groups is 1. The Balaban J connectivity index is 1.81. The van der Waals surface area contributed by atoms with Gasteiger partial charge in [0.05, 0.1) is 6.54 Å². The molecule has 2 rings (SSSR count). The maximum absolute atomic E-state index is 12.1. The Morgan fingerprint density at radius 1 is 1.33 bits per heavy atom. The first-order chi connectivity index (χ1) is 10.1. The Labute approximate surface area is 132 Å². The van der Waals surface area contributed by atoms with Gasteiger partial charge in [-0.1, -0.05) is 32.8 Å². The molecular weight excluding hydrogens is 280 g/mol. The van der Waals surface area contributed by atoms with Crippen LogP contribution in [-0.2, 0) is 4.79 Å². The number of carbonyl (C=O) groups is 1. The van der Waals surface area contributed by atoms with E-state index in [-0.39, 0.29) is 5.91 Å². The number of nitrogens with one attached hydrogen (secondary N) is 2. The molecule has 3 nitrogen and oxygen atoms in total. The van der Waals surface area contributed by atoms with Crippen LogP contribution in [0.1, 0.15) is 33.1 Å². The van der Waals surface area contributed by atoms with E-state index in [0.717, 1.165) is 16.5 Å². The molecule has 4 heteroatoms. The number of amides is 1. The summed E-state index contributed by atoms with van der Waals surface area (Å²) in [6, 6.07) is 8.43. The Kier molecular flexibility index (Phi) is 6.12. The lowest BCUT2D eigenvalue weighted by molar-refractivity contribution is -0.115. The predicted octanol–water partition coefficient (Wildman–Crippen LogP) is 3.76. The van der Waals surface area contributed by atoms with Crippen LogP contribution in [-0.4, -0.2) is 24.7 Å². The third kappa shape index (κ3) is 4.75. The second-order valence-corrected chi connectivity index (χ2v) is 6.91. The number of hydrogen-bond acceptors (Lipinski definition) is 3. The maximum Gasteiger partial charge on any atom is 0.238 e. The van der Waals surface area contributed by atoms with Gasteiger partial charge in [-0.2, -0.15) is 0 Å². The molecule has 0 spiro atoms. The molecule has 1 saturated carbocycles. The highest BCUT2D eigenvalue weighted by atomic mass is 32.2. The lowest BCUT2D eigenvalue weighted by atomic mass is 9.78. The highest BCUT2D eigenvalue weighted by Crippen LogP contribution is 2.29. The molecule has 0 aliphatic heterocycles. The number of rotatable bonds is 5. The fourth-order valence-corrected chi connectivity index (χ4v) is 3.46. The van der Waals surface area contributed by atoms with Gasteiger partial charge >= 0.3 is 0 Å². The molecule has 1 aliphatic carbocycles. The number of anilines is 1. The fourth-order valence-electron chi connectivity index (χ4n) is 3.00. The Hall–Kier alpha value is -1.00. The molecule has 1 aromatic rings. The van der Waals surface area contributed by atoms with E-state index >= 15 is 0 Å². The SMILES string of the molecule is CSc1cccc(NC(=O)CNC2CCCC(C)C2C)c1. The largest absolute Gasteiger partial charge is 0.325 e. The van der Waals surface area contributed by atoms with Gasteiger partial charge in [0.1, 0.15) is 0 Å². The maximum atomic E-state index is 12.1. The standard InChI is InChI=1S/C17H26N2OS/c1-12-6-4-9-16(13(12)2)18-11-17(20)19-14-7-5-8-15(10-14)21-3/h5,7-8,10,12-13,16,18H,4,6,9,11H2,1-3H3,(H,19,20). The zero-order valence-electron chi connectivity index (χ0n) is 13.2. The molecule has 116 valence electrons. The van der Waals surface area contributed by atoms with Gasteiger partial charge in [0.25, 0.3) is 0 Å². The van der Waals surface area contributed by atoms with Gasteiger partial charge < -0.3 is 10.6 Å². The summed E-state index contributed by atoms with van der Waals surface area (Å²) in [5, 5.41) is 6.40. The summed E-state index contributed by atoms with van der Waals surface area (Å²) in [6.45, 7) is 5.00. The second-order valence-electron chi connectivity index (χ2n) is 6.03. The van der Waals surface area contributed by atoms with Crippen LogP contribution >= 0.6 is 11.8 Å². The van der Waals surface area contributed by atoms with E-state index in [4.69, 9.17) is 0 Å². The minimum absolute atomic E-state index is 0.0404. The van der Waals surface area contributed by atoms with Crippen LogP contribution in [0.2, 0.25) is 0 Å². The van der Waals surface area contributed by atoms with Crippen LogP contribution < -0.4 is 10.6 Å². The molecule has 3 atom stereocenters. The van der Waals surface area contributed by atoms with Gasteiger partial charge in [-0.05, 0) is 42.7 Å². The normalized spacial score (nSPS) is 25.6. The molecule has 0 radical (unpaired) electrons. The lowest BCUT2D eigenvalue weighted by Gasteiger charge is -2.34. The summed E-state index contributed by atoms with van der Waals surface area (Å²) in [5.74, 6) is 1.43. The zero-order valence-corrected chi connectivity index (χ0v) is 14.0. The van der Waals surface area contributed by atoms with Gasteiger partial charge in [-0.25, -0.2) is 0 Å². The summed E-state index contributed by atoms with van der Waals surface area (Å²) < 4.78 is 0. The molecule has 1 amide bonds.